The van der Waals surface area contributed by atoms with Crippen molar-refractivity contribution in [1.82, 2.24) is 5.32 Å². The van der Waals surface area contributed by atoms with E-state index in [-0.39, 0.29) is 24.4 Å². The van der Waals surface area contributed by atoms with Crippen molar-refractivity contribution in [2.45, 2.75) is 19.4 Å². The summed E-state index contributed by atoms with van der Waals surface area (Å²) in [7, 11) is 1.32. The van der Waals surface area contributed by atoms with Crippen molar-refractivity contribution in [3.05, 3.63) is 29.3 Å². The number of carbonyl (C=O) groups excluding carboxylic acids is 2. The summed E-state index contributed by atoms with van der Waals surface area (Å²) in [6.07, 6.45) is 0.300. The van der Waals surface area contributed by atoms with Crippen molar-refractivity contribution in [3.8, 4) is 0 Å². The van der Waals surface area contributed by atoms with Crippen LogP contribution in [-0.4, -0.2) is 44.8 Å². The number of anilines is 1. The molecule has 0 spiro atoms. The van der Waals surface area contributed by atoms with Crippen molar-refractivity contribution in [1.29, 1.82) is 0 Å². The Balaban J connectivity index is 0.00000242. The number of morpholine rings is 1. The average molecular weight is 329 g/mol. The molecule has 0 radical (unpaired) electrons. The second-order valence-corrected chi connectivity index (χ2v) is 4.97. The third kappa shape index (κ3) is 4.69. The van der Waals surface area contributed by atoms with E-state index in [9.17, 15) is 9.59 Å². The van der Waals surface area contributed by atoms with Gasteiger partial charge in [0.15, 0.2) is 0 Å². The summed E-state index contributed by atoms with van der Waals surface area (Å²) in [4.78, 5) is 23.9. The Bertz CT molecular complexity index is 530. The maximum absolute atomic E-state index is 12.1. The number of nitrogens with one attached hydrogen (secondary N) is 2. The maximum Gasteiger partial charge on any atom is 0.340 e. The van der Waals surface area contributed by atoms with Gasteiger partial charge in [0.1, 0.15) is 0 Å². The van der Waals surface area contributed by atoms with Crippen molar-refractivity contribution >= 4 is 30.0 Å². The molecule has 1 aromatic rings. The van der Waals surface area contributed by atoms with Gasteiger partial charge in [-0.15, -0.1) is 12.4 Å². The van der Waals surface area contributed by atoms with Crippen LogP contribution in [0.1, 0.15) is 22.3 Å². The Hall–Kier alpha value is -1.63. The lowest BCUT2D eigenvalue weighted by Gasteiger charge is -2.23. The third-order valence-corrected chi connectivity index (χ3v) is 3.37. The molecule has 0 aromatic heterocycles. The monoisotopic (exact) mass is 328 g/mol. The van der Waals surface area contributed by atoms with Gasteiger partial charge in [0.25, 0.3) is 0 Å². The van der Waals surface area contributed by atoms with Gasteiger partial charge in [0.05, 0.1) is 31.6 Å². The topological polar surface area (TPSA) is 76.7 Å². The van der Waals surface area contributed by atoms with E-state index in [1.807, 2.05) is 0 Å². The van der Waals surface area contributed by atoms with E-state index < -0.39 is 5.97 Å². The molecule has 1 fully saturated rings. The zero-order chi connectivity index (χ0) is 15.2. The molecular weight excluding hydrogens is 308 g/mol. The zero-order valence-electron chi connectivity index (χ0n) is 12.7. The normalized spacial score (nSPS) is 17.3. The first-order chi connectivity index (χ1) is 10.1. The molecule has 1 aliphatic heterocycles. The highest BCUT2D eigenvalue weighted by molar-refractivity contribution is 6.02. The molecule has 7 heteroatoms. The van der Waals surface area contributed by atoms with Crippen LogP contribution in [-0.2, 0) is 14.3 Å². The molecule has 0 saturated carbocycles. The van der Waals surface area contributed by atoms with E-state index in [0.717, 1.165) is 12.1 Å². The molecule has 0 aliphatic carbocycles. The second kappa shape index (κ2) is 8.73. The number of aryl methyl sites for hydroxylation is 1. The minimum absolute atomic E-state index is 0. The summed E-state index contributed by atoms with van der Waals surface area (Å²) in [5.41, 5.74) is 1.63. The number of amides is 1. The van der Waals surface area contributed by atoms with Gasteiger partial charge in [-0.1, -0.05) is 12.1 Å². The summed E-state index contributed by atoms with van der Waals surface area (Å²) in [6.45, 7) is 3.74. The third-order valence-electron chi connectivity index (χ3n) is 3.37. The van der Waals surface area contributed by atoms with Gasteiger partial charge in [-0.2, -0.15) is 0 Å². The first kappa shape index (κ1) is 18.4. The zero-order valence-corrected chi connectivity index (χ0v) is 13.5. The smallest absolute Gasteiger partial charge is 0.340 e. The highest BCUT2D eigenvalue weighted by Crippen LogP contribution is 2.21. The number of esters is 1. The van der Waals surface area contributed by atoms with E-state index in [1.165, 1.54) is 7.11 Å². The highest BCUT2D eigenvalue weighted by atomic mass is 35.5. The molecule has 1 heterocycles. The first-order valence-electron chi connectivity index (χ1n) is 6.90. The molecule has 1 aromatic carbocycles. The Kier molecular flexibility index (Phi) is 7.31. The molecule has 1 unspecified atom stereocenters. The summed E-state index contributed by atoms with van der Waals surface area (Å²) in [6, 6.07) is 5.30. The minimum Gasteiger partial charge on any atom is -0.465 e. The van der Waals surface area contributed by atoms with E-state index in [0.29, 0.717) is 30.9 Å². The Labute approximate surface area is 136 Å². The van der Waals surface area contributed by atoms with Crippen molar-refractivity contribution in [2.24, 2.45) is 0 Å². The Morgan fingerprint density at radius 3 is 2.86 bits per heavy atom. The number of ether oxygens (including phenoxy) is 2. The van der Waals surface area contributed by atoms with E-state index in [4.69, 9.17) is 9.47 Å². The summed E-state index contributed by atoms with van der Waals surface area (Å²) in [5.74, 6) is -0.615. The lowest BCUT2D eigenvalue weighted by atomic mass is 10.1. The number of hydrogen-bond acceptors (Lipinski definition) is 5. The standard InChI is InChI=1S/C15H20N2O4.ClH/c1-10-4-3-5-12(14(10)15(19)20-2)17-13(18)8-11-9-21-7-6-16-11;/h3-5,11,16H,6-9H2,1-2H3,(H,17,18);1H. The van der Waals surface area contributed by atoms with Gasteiger partial charge in [-0.3, -0.25) is 4.79 Å². The largest absolute Gasteiger partial charge is 0.465 e. The second-order valence-electron chi connectivity index (χ2n) is 4.97. The number of carbonyl (C=O) groups is 2. The SMILES string of the molecule is COC(=O)c1c(C)cccc1NC(=O)CC1COCCN1.Cl. The molecule has 1 aliphatic rings. The summed E-state index contributed by atoms with van der Waals surface area (Å²) < 4.78 is 10.1. The van der Waals surface area contributed by atoms with Gasteiger partial charge in [0, 0.05) is 19.0 Å². The van der Waals surface area contributed by atoms with Gasteiger partial charge in [-0.05, 0) is 18.6 Å². The summed E-state index contributed by atoms with van der Waals surface area (Å²) in [5, 5.41) is 6.00. The van der Waals surface area contributed by atoms with Crippen LogP contribution < -0.4 is 10.6 Å². The predicted octanol–water partition coefficient (Wildman–Crippen LogP) is 1.52. The quantitative estimate of drug-likeness (QED) is 0.820. The van der Waals surface area contributed by atoms with Gasteiger partial charge in [0.2, 0.25) is 5.91 Å². The van der Waals surface area contributed by atoms with E-state index in [1.54, 1.807) is 25.1 Å². The minimum atomic E-state index is -0.456. The molecular formula is C15H21ClN2O4. The van der Waals surface area contributed by atoms with Gasteiger partial charge < -0.3 is 20.1 Å². The van der Waals surface area contributed by atoms with Crippen LogP contribution in [0.4, 0.5) is 5.69 Å². The van der Waals surface area contributed by atoms with Crippen molar-refractivity contribution in [3.63, 3.8) is 0 Å². The van der Waals surface area contributed by atoms with Crippen LogP contribution >= 0.6 is 12.4 Å². The van der Waals surface area contributed by atoms with E-state index >= 15 is 0 Å². The Morgan fingerprint density at radius 2 is 2.23 bits per heavy atom. The fourth-order valence-corrected chi connectivity index (χ4v) is 2.32. The lowest BCUT2D eigenvalue weighted by molar-refractivity contribution is -0.117. The first-order valence-corrected chi connectivity index (χ1v) is 6.90. The number of methoxy groups -OCH3 is 1. The molecule has 2 N–H and O–H groups in total. The molecule has 1 amide bonds. The number of hydrogen-bond donors (Lipinski definition) is 2. The predicted molar refractivity (Wildman–Crippen MR) is 85.6 cm³/mol. The lowest BCUT2D eigenvalue weighted by Crippen LogP contribution is -2.43. The number of halogens is 1. The maximum atomic E-state index is 12.1. The molecule has 122 valence electrons. The molecule has 2 rings (SSSR count). The number of benzene rings is 1. The average Bonchev–Trinajstić information content (AvgIpc) is 2.47. The van der Waals surface area contributed by atoms with Crippen LogP contribution in [0.2, 0.25) is 0 Å². The molecule has 22 heavy (non-hydrogen) atoms. The van der Waals surface area contributed by atoms with Gasteiger partial charge >= 0.3 is 5.97 Å². The Morgan fingerprint density at radius 1 is 1.45 bits per heavy atom. The molecule has 6 nitrogen and oxygen atoms in total. The highest BCUT2D eigenvalue weighted by Gasteiger charge is 2.20. The van der Waals surface area contributed by atoms with Crippen LogP contribution in [0.3, 0.4) is 0 Å². The van der Waals surface area contributed by atoms with Gasteiger partial charge in [-0.25, -0.2) is 4.79 Å². The van der Waals surface area contributed by atoms with Crippen molar-refractivity contribution in [2.75, 3.05) is 32.2 Å². The fraction of sp³-hybridized carbons (Fsp3) is 0.467. The fourth-order valence-electron chi connectivity index (χ4n) is 2.32. The van der Waals surface area contributed by atoms with Crippen LogP contribution in [0.5, 0.6) is 0 Å². The molecule has 1 saturated heterocycles. The van der Waals surface area contributed by atoms with E-state index in [2.05, 4.69) is 10.6 Å². The number of rotatable bonds is 4. The molecule has 0 bridgehead atoms. The molecule has 1 atom stereocenters. The summed E-state index contributed by atoms with van der Waals surface area (Å²) >= 11 is 0. The van der Waals surface area contributed by atoms with Crippen LogP contribution in [0.15, 0.2) is 18.2 Å². The van der Waals surface area contributed by atoms with Crippen LogP contribution in [0, 0.1) is 6.92 Å². The van der Waals surface area contributed by atoms with Crippen LogP contribution in [0.25, 0.3) is 0 Å². The van der Waals surface area contributed by atoms with Crippen molar-refractivity contribution < 1.29 is 19.1 Å².